The summed E-state index contributed by atoms with van der Waals surface area (Å²) in [5.41, 5.74) is 5.28. The summed E-state index contributed by atoms with van der Waals surface area (Å²) < 4.78 is 11.4. The van der Waals surface area contributed by atoms with Crippen molar-refractivity contribution in [1.29, 1.82) is 5.41 Å². The Morgan fingerprint density at radius 3 is 2.80 bits per heavy atom. The highest BCUT2D eigenvalue weighted by atomic mass is 35.5. The van der Waals surface area contributed by atoms with Crippen LogP contribution in [0.15, 0.2) is 11.9 Å². The van der Waals surface area contributed by atoms with Gasteiger partial charge in [-0.25, -0.2) is 4.39 Å². The highest BCUT2D eigenvalue weighted by molar-refractivity contribution is 6.68. The van der Waals surface area contributed by atoms with Crippen molar-refractivity contribution < 1.29 is 4.39 Å². The Balaban J connectivity index is 3.58. The molecule has 58 valence electrons. The molecule has 0 heterocycles. The molecule has 0 saturated carbocycles. The van der Waals surface area contributed by atoms with Crippen LogP contribution in [-0.2, 0) is 0 Å². The fourth-order valence-electron chi connectivity index (χ4n) is 0.300. The highest BCUT2D eigenvalue weighted by Crippen LogP contribution is 1.89. The third-order valence-corrected chi connectivity index (χ3v) is 0.968. The number of halogens is 2. The number of hydrogen-bond acceptors (Lipinski definition) is 3. The first-order valence-corrected chi connectivity index (χ1v) is 3.05. The van der Waals surface area contributed by atoms with Crippen LogP contribution in [0.5, 0.6) is 0 Å². The maximum absolute atomic E-state index is 11.4. The fraction of sp³-hybridized carbons (Fsp3) is 0.400. The Labute approximate surface area is 63.6 Å². The van der Waals surface area contributed by atoms with Gasteiger partial charge < -0.3 is 11.1 Å². The molecule has 0 aromatic heterocycles. The molecule has 0 atom stereocenters. The SMILES string of the molecule is N=C(Cl)/C(N)=C\NCCF. The van der Waals surface area contributed by atoms with E-state index in [-0.39, 0.29) is 17.4 Å². The molecular formula is C5H9ClFN3. The molecule has 0 rings (SSSR count). The van der Waals surface area contributed by atoms with E-state index in [1.807, 2.05) is 0 Å². The summed E-state index contributed by atoms with van der Waals surface area (Å²) in [5, 5.41) is 9.06. The second kappa shape index (κ2) is 5.05. The Bertz CT molecular complexity index is 146. The zero-order valence-electron chi connectivity index (χ0n) is 5.32. The van der Waals surface area contributed by atoms with Gasteiger partial charge in [-0.15, -0.1) is 0 Å². The standard InChI is InChI=1S/C5H9ClFN3/c6-5(9)4(8)3-10-2-1-7/h3,9-10H,1-2,8H2/b4-3+,9-5?. The van der Waals surface area contributed by atoms with Gasteiger partial charge in [0, 0.05) is 12.7 Å². The Hall–Kier alpha value is -0.770. The molecule has 5 heteroatoms. The molecule has 10 heavy (non-hydrogen) atoms. The zero-order valence-corrected chi connectivity index (χ0v) is 6.08. The van der Waals surface area contributed by atoms with Crippen LogP contribution < -0.4 is 11.1 Å². The molecule has 0 bridgehead atoms. The van der Waals surface area contributed by atoms with Crippen LogP contribution in [0.3, 0.4) is 0 Å². The van der Waals surface area contributed by atoms with Crippen LogP contribution in [0.2, 0.25) is 0 Å². The molecule has 0 spiro atoms. The predicted octanol–water partition coefficient (Wildman–Crippen LogP) is 0.562. The monoisotopic (exact) mass is 165 g/mol. The molecule has 0 aliphatic rings. The molecule has 0 fully saturated rings. The van der Waals surface area contributed by atoms with E-state index in [1.54, 1.807) is 0 Å². The Morgan fingerprint density at radius 2 is 2.40 bits per heavy atom. The van der Waals surface area contributed by atoms with Crippen LogP contribution in [-0.4, -0.2) is 18.4 Å². The first kappa shape index (κ1) is 9.23. The summed E-state index contributed by atoms with van der Waals surface area (Å²) in [6, 6.07) is 0. The predicted molar refractivity (Wildman–Crippen MR) is 39.8 cm³/mol. The van der Waals surface area contributed by atoms with Crippen molar-refractivity contribution in [1.82, 2.24) is 5.32 Å². The molecule has 0 radical (unpaired) electrons. The summed E-state index contributed by atoms with van der Waals surface area (Å²) in [4.78, 5) is 0. The van der Waals surface area contributed by atoms with Crippen molar-refractivity contribution in [2.45, 2.75) is 0 Å². The fourth-order valence-corrected chi connectivity index (χ4v) is 0.355. The Morgan fingerprint density at radius 1 is 1.80 bits per heavy atom. The lowest BCUT2D eigenvalue weighted by Gasteiger charge is -1.96. The minimum atomic E-state index is -0.473. The van der Waals surface area contributed by atoms with Gasteiger partial charge in [-0.3, -0.25) is 5.41 Å². The number of alkyl halides is 1. The van der Waals surface area contributed by atoms with E-state index in [4.69, 9.17) is 22.7 Å². The lowest BCUT2D eigenvalue weighted by atomic mass is 10.5. The number of nitrogens with two attached hydrogens (primary N) is 1. The second-order valence-electron chi connectivity index (χ2n) is 1.56. The average Bonchev–Trinajstić information content (AvgIpc) is 1.88. The van der Waals surface area contributed by atoms with Crippen molar-refractivity contribution in [3.8, 4) is 0 Å². The van der Waals surface area contributed by atoms with Crippen LogP contribution >= 0.6 is 11.6 Å². The van der Waals surface area contributed by atoms with E-state index >= 15 is 0 Å². The molecule has 0 unspecified atom stereocenters. The summed E-state index contributed by atoms with van der Waals surface area (Å²) in [6.07, 6.45) is 1.30. The molecule has 3 nitrogen and oxygen atoms in total. The molecule has 0 aromatic rings. The van der Waals surface area contributed by atoms with Gasteiger partial charge in [0.2, 0.25) is 0 Å². The molecule has 0 saturated heterocycles. The molecule has 4 N–H and O–H groups in total. The van der Waals surface area contributed by atoms with Gasteiger partial charge in [0.1, 0.15) is 11.8 Å². The topological polar surface area (TPSA) is 61.9 Å². The van der Waals surface area contributed by atoms with Crippen LogP contribution in [0.25, 0.3) is 0 Å². The van der Waals surface area contributed by atoms with Crippen molar-refractivity contribution in [3.63, 3.8) is 0 Å². The van der Waals surface area contributed by atoms with Gasteiger partial charge >= 0.3 is 0 Å². The van der Waals surface area contributed by atoms with E-state index in [2.05, 4.69) is 5.32 Å². The molecule has 0 aliphatic heterocycles. The van der Waals surface area contributed by atoms with Gasteiger partial charge in [-0.05, 0) is 0 Å². The lowest BCUT2D eigenvalue weighted by molar-refractivity contribution is 0.486. The quantitative estimate of drug-likeness (QED) is 0.421. The largest absolute Gasteiger partial charge is 0.395 e. The van der Waals surface area contributed by atoms with Crippen molar-refractivity contribution in [2.75, 3.05) is 13.2 Å². The summed E-state index contributed by atoms with van der Waals surface area (Å²) >= 11 is 5.16. The minimum absolute atomic E-state index is 0.107. The molecule has 0 aromatic carbocycles. The van der Waals surface area contributed by atoms with Gasteiger partial charge in [-0.2, -0.15) is 0 Å². The van der Waals surface area contributed by atoms with E-state index in [9.17, 15) is 4.39 Å². The third-order valence-electron chi connectivity index (χ3n) is 0.750. The van der Waals surface area contributed by atoms with E-state index in [1.165, 1.54) is 6.20 Å². The van der Waals surface area contributed by atoms with Gasteiger partial charge in [0.05, 0.1) is 5.70 Å². The number of allylic oxidation sites excluding steroid dienone is 1. The van der Waals surface area contributed by atoms with E-state index in [0.29, 0.717) is 0 Å². The van der Waals surface area contributed by atoms with Crippen LogP contribution in [0, 0.1) is 5.41 Å². The van der Waals surface area contributed by atoms with Crippen molar-refractivity contribution in [2.24, 2.45) is 5.73 Å². The smallest absolute Gasteiger partial charge is 0.145 e. The Kier molecular flexibility index (Phi) is 4.66. The van der Waals surface area contributed by atoms with Crippen molar-refractivity contribution in [3.05, 3.63) is 11.9 Å². The summed E-state index contributed by atoms with van der Waals surface area (Å²) in [6.45, 7) is -0.287. The van der Waals surface area contributed by atoms with Gasteiger partial charge in [0.25, 0.3) is 0 Å². The summed E-state index contributed by atoms with van der Waals surface area (Å²) in [7, 11) is 0. The van der Waals surface area contributed by atoms with Gasteiger partial charge in [-0.1, -0.05) is 11.6 Å². The molecular weight excluding hydrogens is 157 g/mol. The van der Waals surface area contributed by atoms with Crippen LogP contribution in [0.1, 0.15) is 0 Å². The zero-order chi connectivity index (χ0) is 7.98. The first-order valence-electron chi connectivity index (χ1n) is 2.68. The second-order valence-corrected chi connectivity index (χ2v) is 1.93. The maximum atomic E-state index is 11.4. The van der Waals surface area contributed by atoms with Crippen LogP contribution in [0.4, 0.5) is 4.39 Å². The highest BCUT2D eigenvalue weighted by Gasteiger charge is 1.92. The number of hydrogen-bond donors (Lipinski definition) is 3. The number of rotatable bonds is 4. The normalized spacial score (nSPS) is 11.2. The van der Waals surface area contributed by atoms with E-state index in [0.717, 1.165) is 0 Å². The third kappa shape index (κ3) is 4.14. The lowest BCUT2D eigenvalue weighted by Crippen LogP contribution is -2.14. The summed E-state index contributed by atoms with van der Waals surface area (Å²) in [5.74, 6) is 0. The van der Waals surface area contributed by atoms with E-state index < -0.39 is 6.67 Å². The van der Waals surface area contributed by atoms with Crippen molar-refractivity contribution >= 4 is 16.8 Å². The minimum Gasteiger partial charge on any atom is -0.395 e. The average molecular weight is 166 g/mol. The maximum Gasteiger partial charge on any atom is 0.145 e. The molecule has 0 aliphatic carbocycles. The first-order chi connectivity index (χ1) is 4.68. The number of nitrogens with one attached hydrogen (secondary N) is 2. The molecule has 0 amide bonds. The van der Waals surface area contributed by atoms with Gasteiger partial charge in [0.15, 0.2) is 0 Å².